The van der Waals surface area contributed by atoms with E-state index in [9.17, 15) is 4.79 Å². The Morgan fingerprint density at radius 3 is 2.89 bits per heavy atom. The summed E-state index contributed by atoms with van der Waals surface area (Å²) in [5, 5.41) is 8.86. The topological polar surface area (TPSA) is 72.3 Å². The normalized spacial score (nSPS) is 13.1. The molecule has 1 aliphatic carbocycles. The monoisotopic (exact) mass is 256 g/mol. The highest BCUT2D eigenvalue weighted by Crippen LogP contribution is 2.27. The van der Waals surface area contributed by atoms with Crippen LogP contribution in [0.4, 0.5) is 0 Å². The standard InChI is InChI=1S/C14H12N2O3/c17-13(18)12-6-7-15-14(16-12)19-11-5-4-9-2-1-3-10(9)8-11/h4-8H,1-3H2,(H,17,18). The molecule has 1 aromatic carbocycles. The zero-order valence-corrected chi connectivity index (χ0v) is 10.2. The third-order valence-corrected chi connectivity index (χ3v) is 3.13. The SMILES string of the molecule is O=C(O)c1ccnc(Oc2ccc3c(c2)CCC3)n1. The van der Waals surface area contributed by atoms with E-state index < -0.39 is 5.97 Å². The molecule has 0 amide bonds. The summed E-state index contributed by atoms with van der Waals surface area (Å²) < 4.78 is 5.51. The molecular formula is C14H12N2O3. The molecule has 1 aliphatic rings. The summed E-state index contributed by atoms with van der Waals surface area (Å²) in [6.07, 6.45) is 4.71. The van der Waals surface area contributed by atoms with E-state index in [0.717, 1.165) is 12.8 Å². The number of aryl methyl sites for hydroxylation is 2. The molecule has 0 spiro atoms. The molecule has 0 saturated carbocycles. The number of fused-ring (bicyclic) bond motifs is 1. The van der Waals surface area contributed by atoms with Crippen molar-refractivity contribution in [1.29, 1.82) is 0 Å². The van der Waals surface area contributed by atoms with E-state index in [-0.39, 0.29) is 11.7 Å². The number of ether oxygens (including phenoxy) is 1. The summed E-state index contributed by atoms with van der Waals surface area (Å²) in [5.41, 5.74) is 2.56. The van der Waals surface area contributed by atoms with E-state index in [1.807, 2.05) is 18.2 Å². The molecule has 3 rings (SSSR count). The number of carboxylic acid groups (broad SMARTS) is 1. The van der Waals surface area contributed by atoms with Gasteiger partial charge in [-0.1, -0.05) is 6.07 Å². The van der Waals surface area contributed by atoms with Crippen molar-refractivity contribution in [3.05, 3.63) is 47.3 Å². The largest absolute Gasteiger partial charge is 0.477 e. The first-order valence-electron chi connectivity index (χ1n) is 6.08. The van der Waals surface area contributed by atoms with Gasteiger partial charge in [0, 0.05) is 6.20 Å². The number of hydrogen-bond donors (Lipinski definition) is 1. The molecule has 5 nitrogen and oxygen atoms in total. The summed E-state index contributed by atoms with van der Waals surface area (Å²) in [4.78, 5) is 18.6. The lowest BCUT2D eigenvalue weighted by Gasteiger charge is -2.06. The molecule has 0 saturated heterocycles. The predicted octanol–water partition coefficient (Wildman–Crippen LogP) is 2.46. The van der Waals surface area contributed by atoms with Crippen LogP contribution in [0.3, 0.4) is 0 Å². The first-order valence-corrected chi connectivity index (χ1v) is 6.08. The van der Waals surface area contributed by atoms with Gasteiger partial charge in [0.05, 0.1) is 0 Å². The van der Waals surface area contributed by atoms with Crippen molar-refractivity contribution in [2.45, 2.75) is 19.3 Å². The third-order valence-electron chi connectivity index (χ3n) is 3.13. The Labute approximate surface area is 109 Å². The van der Waals surface area contributed by atoms with Crippen molar-refractivity contribution in [3.63, 3.8) is 0 Å². The van der Waals surface area contributed by atoms with Crippen LogP contribution in [0.5, 0.6) is 11.8 Å². The summed E-state index contributed by atoms with van der Waals surface area (Å²) in [6.45, 7) is 0. The second-order valence-corrected chi connectivity index (χ2v) is 4.42. The molecule has 5 heteroatoms. The molecule has 0 fully saturated rings. The van der Waals surface area contributed by atoms with Gasteiger partial charge in [-0.05, 0) is 48.6 Å². The van der Waals surface area contributed by atoms with E-state index in [4.69, 9.17) is 9.84 Å². The highest BCUT2D eigenvalue weighted by molar-refractivity contribution is 5.85. The molecule has 1 aromatic heterocycles. The maximum absolute atomic E-state index is 10.8. The van der Waals surface area contributed by atoms with Gasteiger partial charge in [0.15, 0.2) is 5.69 Å². The third kappa shape index (κ3) is 2.40. The number of carbonyl (C=O) groups is 1. The van der Waals surface area contributed by atoms with Gasteiger partial charge < -0.3 is 9.84 Å². The first-order chi connectivity index (χ1) is 9.22. The maximum atomic E-state index is 10.8. The van der Waals surface area contributed by atoms with Crippen LogP contribution in [0.1, 0.15) is 28.0 Å². The predicted molar refractivity (Wildman–Crippen MR) is 67.5 cm³/mol. The Morgan fingerprint density at radius 1 is 1.21 bits per heavy atom. The van der Waals surface area contributed by atoms with E-state index in [1.165, 1.54) is 29.8 Å². The molecule has 0 radical (unpaired) electrons. The quantitative estimate of drug-likeness (QED) is 0.913. The van der Waals surface area contributed by atoms with Gasteiger partial charge in [-0.15, -0.1) is 0 Å². The Hall–Kier alpha value is -2.43. The fraction of sp³-hybridized carbons (Fsp3) is 0.214. The Bertz CT molecular complexity index is 640. The average molecular weight is 256 g/mol. The van der Waals surface area contributed by atoms with Crippen molar-refractivity contribution in [2.75, 3.05) is 0 Å². The van der Waals surface area contributed by atoms with Gasteiger partial charge >= 0.3 is 12.0 Å². The number of benzene rings is 1. The number of carboxylic acids is 1. The van der Waals surface area contributed by atoms with Crippen LogP contribution in [-0.4, -0.2) is 21.0 Å². The molecule has 96 valence electrons. The Balaban J connectivity index is 1.85. The Kier molecular flexibility index (Phi) is 2.87. The molecule has 2 aromatic rings. The molecule has 19 heavy (non-hydrogen) atoms. The maximum Gasteiger partial charge on any atom is 0.354 e. The number of nitrogens with zero attached hydrogens (tertiary/aromatic N) is 2. The number of rotatable bonds is 3. The summed E-state index contributed by atoms with van der Waals surface area (Å²) in [6, 6.07) is 7.26. The van der Waals surface area contributed by atoms with E-state index in [1.54, 1.807) is 0 Å². The zero-order chi connectivity index (χ0) is 13.2. The van der Waals surface area contributed by atoms with Gasteiger partial charge in [-0.25, -0.2) is 9.78 Å². The van der Waals surface area contributed by atoms with Crippen molar-refractivity contribution >= 4 is 5.97 Å². The lowest BCUT2D eigenvalue weighted by molar-refractivity contribution is 0.0689. The number of hydrogen-bond acceptors (Lipinski definition) is 4. The fourth-order valence-electron chi connectivity index (χ4n) is 2.23. The second-order valence-electron chi connectivity index (χ2n) is 4.42. The van der Waals surface area contributed by atoms with Crippen molar-refractivity contribution < 1.29 is 14.6 Å². The van der Waals surface area contributed by atoms with Crippen molar-refractivity contribution in [2.24, 2.45) is 0 Å². The zero-order valence-electron chi connectivity index (χ0n) is 10.2. The molecular weight excluding hydrogens is 244 g/mol. The number of aromatic carboxylic acids is 1. The molecule has 0 unspecified atom stereocenters. The molecule has 1 heterocycles. The van der Waals surface area contributed by atoms with Gasteiger partial charge in [0.2, 0.25) is 0 Å². The summed E-state index contributed by atoms with van der Waals surface area (Å²) in [7, 11) is 0. The van der Waals surface area contributed by atoms with Crippen LogP contribution < -0.4 is 4.74 Å². The molecule has 1 N–H and O–H groups in total. The lowest BCUT2D eigenvalue weighted by Crippen LogP contribution is -2.02. The van der Waals surface area contributed by atoms with Crippen molar-refractivity contribution in [3.8, 4) is 11.8 Å². The van der Waals surface area contributed by atoms with Crippen LogP contribution in [0.25, 0.3) is 0 Å². The van der Waals surface area contributed by atoms with Gasteiger partial charge in [-0.3, -0.25) is 0 Å². The van der Waals surface area contributed by atoms with Crippen LogP contribution in [0.15, 0.2) is 30.5 Å². The van der Waals surface area contributed by atoms with Crippen molar-refractivity contribution in [1.82, 2.24) is 9.97 Å². The smallest absolute Gasteiger partial charge is 0.354 e. The minimum Gasteiger partial charge on any atom is -0.477 e. The summed E-state index contributed by atoms with van der Waals surface area (Å²) in [5.74, 6) is -0.454. The van der Waals surface area contributed by atoms with Gasteiger partial charge in [0.1, 0.15) is 5.75 Å². The lowest BCUT2D eigenvalue weighted by atomic mass is 10.1. The molecule has 0 bridgehead atoms. The number of aromatic nitrogens is 2. The van der Waals surface area contributed by atoms with Crippen LogP contribution in [0, 0.1) is 0 Å². The van der Waals surface area contributed by atoms with E-state index in [0.29, 0.717) is 5.75 Å². The molecule has 0 aliphatic heterocycles. The molecule has 0 atom stereocenters. The van der Waals surface area contributed by atoms with Crippen LogP contribution >= 0.6 is 0 Å². The van der Waals surface area contributed by atoms with E-state index in [2.05, 4.69) is 9.97 Å². The van der Waals surface area contributed by atoms with E-state index >= 15 is 0 Å². The van der Waals surface area contributed by atoms with Gasteiger partial charge in [0.25, 0.3) is 0 Å². The van der Waals surface area contributed by atoms with Gasteiger partial charge in [-0.2, -0.15) is 4.98 Å². The highest BCUT2D eigenvalue weighted by atomic mass is 16.5. The summed E-state index contributed by atoms with van der Waals surface area (Å²) >= 11 is 0. The van der Waals surface area contributed by atoms with Crippen LogP contribution in [-0.2, 0) is 12.8 Å². The Morgan fingerprint density at radius 2 is 2.05 bits per heavy atom. The minimum absolute atomic E-state index is 0.0536. The first kappa shape index (κ1) is 11.6. The average Bonchev–Trinajstić information content (AvgIpc) is 2.86. The minimum atomic E-state index is -1.10. The van der Waals surface area contributed by atoms with Crippen LogP contribution in [0.2, 0.25) is 0 Å². The highest BCUT2D eigenvalue weighted by Gasteiger charge is 2.12. The fourth-order valence-corrected chi connectivity index (χ4v) is 2.23. The second kappa shape index (κ2) is 4.68.